The number of H-pyrrole nitrogens is 1. The van der Waals surface area contributed by atoms with Gasteiger partial charge in [0, 0.05) is 31.0 Å². The molecule has 0 aliphatic heterocycles. The Hall–Kier alpha value is -2.37. The second-order valence-corrected chi connectivity index (χ2v) is 2.61. The SMILES string of the molecule is c1cc2nnncc2[nH]1.c1cnccn1. The van der Waals surface area contributed by atoms with Crippen LogP contribution in [-0.4, -0.2) is 30.4 Å². The van der Waals surface area contributed by atoms with Crippen LogP contribution in [-0.2, 0) is 0 Å². The predicted molar refractivity (Wildman–Crippen MR) is 53.7 cm³/mol. The monoisotopic (exact) mass is 200 g/mol. The van der Waals surface area contributed by atoms with Crippen molar-refractivity contribution in [1.82, 2.24) is 30.4 Å². The summed E-state index contributed by atoms with van der Waals surface area (Å²) in [5.74, 6) is 0. The Morgan fingerprint density at radius 3 is 2.33 bits per heavy atom. The maximum atomic E-state index is 3.75. The standard InChI is InChI=1S/C5H4N4.C4H4N2/c1-2-6-5-3-7-9-8-4(1)5;1-2-6-4-3-5-1/h1-3,6H;1-4H. The van der Waals surface area contributed by atoms with Crippen LogP contribution in [0.5, 0.6) is 0 Å². The molecule has 74 valence electrons. The zero-order valence-corrected chi connectivity index (χ0v) is 7.78. The zero-order valence-electron chi connectivity index (χ0n) is 7.78. The van der Waals surface area contributed by atoms with E-state index in [-0.39, 0.29) is 0 Å². The van der Waals surface area contributed by atoms with Crippen LogP contribution in [0, 0.1) is 0 Å². The van der Waals surface area contributed by atoms with Crippen molar-refractivity contribution in [2.75, 3.05) is 0 Å². The summed E-state index contributed by atoms with van der Waals surface area (Å²) < 4.78 is 0. The van der Waals surface area contributed by atoms with Crippen LogP contribution in [0.3, 0.4) is 0 Å². The summed E-state index contributed by atoms with van der Waals surface area (Å²) >= 11 is 0. The molecule has 0 saturated heterocycles. The maximum Gasteiger partial charge on any atom is 0.114 e. The molecule has 0 aliphatic rings. The fourth-order valence-corrected chi connectivity index (χ4v) is 0.976. The molecular weight excluding hydrogens is 192 g/mol. The third-order valence-corrected chi connectivity index (χ3v) is 1.62. The van der Waals surface area contributed by atoms with Gasteiger partial charge in [-0.3, -0.25) is 9.97 Å². The van der Waals surface area contributed by atoms with E-state index in [1.807, 2.05) is 6.07 Å². The molecule has 6 nitrogen and oxygen atoms in total. The van der Waals surface area contributed by atoms with Crippen LogP contribution in [0.1, 0.15) is 0 Å². The number of fused-ring (bicyclic) bond motifs is 1. The Kier molecular flexibility index (Phi) is 2.91. The van der Waals surface area contributed by atoms with E-state index in [0.29, 0.717) is 0 Å². The maximum absolute atomic E-state index is 3.75. The van der Waals surface area contributed by atoms with Crippen molar-refractivity contribution in [3.05, 3.63) is 43.2 Å². The van der Waals surface area contributed by atoms with Crippen molar-refractivity contribution in [1.29, 1.82) is 0 Å². The summed E-state index contributed by atoms with van der Waals surface area (Å²) in [5.41, 5.74) is 1.77. The second kappa shape index (κ2) is 4.75. The minimum Gasteiger partial charge on any atom is -0.358 e. The van der Waals surface area contributed by atoms with E-state index in [1.165, 1.54) is 0 Å². The molecule has 15 heavy (non-hydrogen) atoms. The van der Waals surface area contributed by atoms with Gasteiger partial charge in [0.15, 0.2) is 0 Å². The van der Waals surface area contributed by atoms with Gasteiger partial charge in [-0.25, -0.2) is 0 Å². The third-order valence-electron chi connectivity index (χ3n) is 1.62. The number of hydrogen-bond acceptors (Lipinski definition) is 5. The average molecular weight is 200 g/mol. The van der Waals surface area contributed by atoms with Crippen molar-refractivity contribution >= 4 is 11.0 Å². The molecule has 0 fully saturated rings. The molecule has 0 aliphatic carbocycles. The van der Waals surface area contributed by atoms with E-state index in [2.05, 4.69) is 30.4 Å². The molecule has 3 heterocycles. The highest BCUT2D eigenvalue weighted by Gasteiger charge is 1.90. The van der Waals surface area contributed by atoms with E-state index < -0.39 is 0 Å². The average Bonchev–Trinajstić information content (AvgIpc) is 2.80. The fraction of sp³-hybridized carbons (Fsp3) is 0. The topological polar surface area (TPSA) is 80.2 Å². The molecule has 0 atom stereocenters. The third kappa shape index (κ3) is 2.53. The highest BCUT2D eigenvalue weighted by Crippen LogP contribution is 2.02. The molecule has 0 spiro atoms. The second-order valence-electron chi connectivity index (χ2n) is 2.61. The van der Waals surface area contributed by atoms with Gasteiger partial charge in [0.1, 0.15) is 5.52 Å². The number of nitrogens with one attached hydrogen (secondary N) is 1. The van der Waals surface area contributed by atoms with Crippen molar-refractivity contribution in [2.24, 2.45) is 0 Å². The Labute approximate surface area is 85.4 Å². The Balaban J connectivity index is 0.000000124. The first-order valence-corrected chi connectivity index (χ1v) is 4.28. The van der Waals surface area contributed by atoms with Gasteiger partial charge < -0.3 is 4.98 Å². The fourth-order valence-electron chi connectivity index (χ4n) is 0.976. The van der Waals surface area contributed by atoms with Crippen LogP contribution in [0.2, 0.25) is 0 Å². The molecule has 3 aromatic rings. The van der Waals surface area contributed by atoms with Crippen molar-refractivity contribution in [3.63, 3.8) is 0 Å². The molecular formula is C9H8N6. The molecule has 0 bridgehead atoms. The molecule has 3 rings (SSSR count). The normalized spacial score (nSPS) is 9.33. The Bertz CT molecular complexity index is 449. The predicted octanol–water partition coefficient (Wildman–Crippen LogP) is 0.829. The number of nitrogens with zero attached hydrogens (tertiary/aromatic N) is 5. The van der Waals surface area contributed by atoms with E-state index >= 15 is 0 Å². The summed E-state index contributed by atoms with van der Waals surface area (Å²) in [6.07, 6.45) is 10.0. The van der Waals surface area contributed by atoms with Gasteiger partial charge in [0.25, 0.3) is 0 Å². The highest BCUT2D eigenvalue weighted by molar-refractivity contribution is 5.72. The molecule has 1 N–H and O–H groups in total. The lowest BCUT2D eigenvalue weighted by Crippen LogP contribution is -1.83. The number of aromatic nitrogens is 6. The Morgan fingerprint density at radius 2 is 1.73 bits per heavy atom. The summed E-state index contributed by atoms with van der Waals surface area (Å²) in [5, 5.41) is 10.8. The minimum atomic E-state index is 0.852. The Morgan fingerprint density at radius 1 is 1.00 bits per heavy atom. The summed E-state index contributed by atoms with van der Waals surface area (Å²) in [6.45, 7) is 0. The zero-order chi connectivity index (χ0) is 10.3. The summed E-state index contributed by atoms with van der Waals surface area (Å²) in [4.78, 5) is 10.4. The van der Waals surface area contributed by atoms with E-state index in [9.17, 15) is 0 Å². The van der Waals surface area contributed by atoms with Crippen LogP contribution < -0.4 is 0 Å². The molecule has 0 amide bonds. The largest absolute Gasteiger partial charge is 0.358 e. The summed E-state index contributed by atoms with van der Waals surface area (Å²) in [6, 6.07) is 1.85. The molecule has 3 aromatic heterocycles. The molecule has 0 aromatic carbocycles. The van der Waals surface area contributed by atoms with Gasteiger partial charge in [-0.1, -0.05) is 0 Å². The van der Waals surface area contributed by atoms with Gasteiger partial charge in [0.2, 0.25) is 0 Å². The van der Waals surface area contributed by atoms with Crippen molar-refractivity contribution < 1.29 is 0 Å². The lowest BCUT2D eigenvalue weighted by molar-refractivity contribution is 0.895. The van der Waals surface area contributed by atoms with Gasteiger partial charge in [-0.15, -0.1) is 10.2 Å². The quantitative estimate of drug-likeness (QED) is 0.581. The number of aromatic amines is 1. The van der Waals surface area contributed by atoms with Crippen LogP contribution >= 0.6 is 0 Å². The van der Waals surface area contributed by atoms with Crippen LogP contribution in [0.25, 0.3) is 11.0 Å². The smallest absolute Gasteiger partial charge is 0.114 e. The van der Waals surface area contributed by atoms with Crippen LogP contribution in [0.15, 0.2) is 43.2 Å². The highest BCUT2D eigenvalue weighted by atomic mass is 15.3. The minimum absolute atomic E-state index is 0.852. The molecule has 0 unspecified atom stereocenters. The van der Waals surface area contributed by atoms with E-state index in [4.69, 9.17) is 0 Å². The van der Waals surface area contributed by atoms with Gasteiger partial charge in [-0.2, -0.15) is 0 Å². The first kappa shape index (κ1) is 9.20. The lowest BCUT2D eigenvalue weighted by Gasteiger charge is -1.80. The van der Waals surface area contributed by atoms with Gasteiger partial charge in [0.05, 0.1) is 11.7 Å². The van der Waals surface area contributed by atoms with Crippen LogP contribution in [0.4, 0.5) is 0 Å². The first-order chi connectivity index (χ1) is 7.47. The molecule has 6 heteroatoms. The molecule has 0 radical (unpaired) electrons. The number of rotatable bonds is 0. The van der Waals surface area contributed by atoms with Crippen molar-refractivity contribution in [2.45, 2.75) is 0 Å². The van der Waals surface area contributed by atoms with Gasteiger partial charge >= 0.3 is 0 Å². The van der Waals surface area contributed by atoms with E-state index in [0.717, 1.165) is 11.0 Å². The first-order valence-electron chi connectivity index (χ1n) is 4.28. The van der Waals surface area contributed by atoms with Crippen molar-refractivity contribution in [3.8, 4) is 0 Å². The number of hydrogen-bond donors (Lipinski definition) is 1. The van der Waals surface area contributed by atoms with E-state index in [1.54, 1.807) is 37.2 Å². The van der Waals surface area contributed by atoms with Gasteiger partial charge in [-0.05, 0) is 11.3 Å². The lowest BCUT2D eigenvalue weighted by atomic mass is 10.5. The summed E-state index contributed by atoms with van der Waals surface area (Å²) in [7, 11) is 0. The molecule has 0 saturated carbocycles.